The summed E-state index contributed by atoms with van der Waals surface area (Å²) in [6, 6.07) is 13.4. The van der Waals surface area contributed by atoms with Gasteiger partial charge in [-0.1, -0.05) is 83.5 Å². The molecule has 23 heteroatoms. The number of carbonyl (C=O) groups excluding carboxylic acids is 8. The number of ether oxygens (including phenoxy) is 1. The Morgan fingerprint density at radius 1 is 0.823 bits per heavy atom. The molecule has 4 atom stereocenters. The number of nitrogens with one attached hydrogen (secondary N) is 6. The number of alkyl halides is 1. The van der Waals surface area contributed by atoms with E-state index in [1.54, 1.807) is 48.9 Å². The predicted octanol–water partition coefficient (Wildman–Crippen LogP) is 6.76. The van der Waals surface area contributed by atoms with Crippen molar-refractivity contribution in [3.05, 3.63) is 120 Å². The van der Waals surface area contributed by atoms with Gasteiger partial charge in [0, 0.05) is 69.2 Å². The van der Waals surface area contributed by atoms with Crippen LogP contribution in [0.4, 0.5) is 33.2 Å². The Bertz CT molecular complexity index is 2770. The first-order valence-electron chi connectivity index (χ1n) is 26.2. The van der Waals surface area contributed by atoms with Crippen molar-refractivity contribution in [2.24, 2.45) is 17.1 Å². The molecule has 0 bridgehead atoms. The summed E-state index contributed by atoms with van der Waals surface area (Å²) in [6.45, 7) is 8.42. The summed E-state index contributed by atoms with van der Waals surface area (Å²) in [5.74, 6) is -3.71. The van der Waals surface area contributed by atoms with Crippen molar-refractivity contribution in [1.82, 2.24) is 45.9 Å². The fourth-order valence-corrected chi connectivity index (χ4v) is 8.83. The molecule has 8 N–H and O–H groups in total. The molecule has 0 unspecified atom stereocenters. The van der Waals surface area contributed by atoms with Gasteiger partial charge in [0.05, 0.1) is 17.8 Å². The summed E-state index contributed by atoms with van der Waals surface area (Å²) in [4.78, 5) is 109. The molecule has 0 spiro atoms. The predicted molar refractivity (Wildman–Crippen MR) is 289 cm³/mol. The number of alkyl carbamates (subject to hydrolysis) is 1. The van der Waals surface area contributed by atoms with Crippen molar-refractivity contribution < 1.29 is 56.3 Å². The Labute approximate surface area is 457 Å². The van der Waals surface area contributed by atoms with Crippen molar-refractivity contribution in [2.45, 2.75) is 117 Å². The molecular weight excluding hydrogens is 1030 g/mol. The van der Waals surface area contributed by atoms with E-state index >= 15 is 4.39 Å². The highest BCUT2D eigenvalue weighted by Gasteiger charge is 2.39. The lowest BCUT2D eigenvalue weighted by molar-refractivity contribution is -0.137. The van der Waals surface area contributed by atoms with Crippen LogP contribution in [-0.2, 0) is 41.9 Å². The largest absolute Gasteiger partial charge is 0.445 e. The van der Waals surface area contributed by atoms with E-state index in [2.05, 4.69) is 31.9 Å². The molecule has 0 fully saturated rings. The number of imide groups is 1. The molecule has 2 heterocycles. The van der Waals surface area contributed by atoms with Crippen LogP contribution in [0, 0.1) is 23.0 Å². The third kappa shape index (κ3) is 18.7. The first kappa shape index (κ1) is 61.6. The molecule has 0 radical (unpaired) electrons. The van der Waals surface area contributed by atoms with Crippen molar-refractivity contribution in [2.75, 3.05) is 38.7 Å². The number of nitrogens with two attached hydrogens (primary N) is 1. The molecule has 0 saturated heterocycles. The second kappa shape index (κ2) is 29.5. The van der Waals surface area contributed by atoms with E-state index < -0.39 is 83.8 Å². The van der Waals surface area contributed by atoms with Crippen molar-refractivity contribution in [3.8, 4) is 11.3 Å². The summed E-state index contributed by atoms with van der Waals surface area (Å²) in [7, 11) is 1.45. The van der Waals surface area contributed by atoms with Gasteiger partial charge in [-0.2, -0.15) is 0 Å². The summed E-state index contributed by atoms with van der Waals surface area (Å²) in [5, 5.41) is 15.9. The van der Waals surface area contributed by atoms with Gasteiger partial charge in [0.25, 0.3) is 11.8 Å². The quantitative estimate of drug-likeness (QED) is 0.0232. The zero-order valence-corrected chi connectivity index (χ0v) is 45.4. The summed E-state index contributed by atoms with van der Waals surface area (Å²) < 4.78 is 51.5. The lowest BCUT2D eigenvalue weighted by Gasteiger charge is -2.40. The lowest BCUT2D eigenvalue weighted by atomic mass is 9.84. The SMILES string of the molecule is CNC(=O)N(CC[C@H](CF)NC(=O)OCc1ccc(NC(=O)[C@H](CCCNC(N)=O)NC(=O)[C@@H](NC(=O)CCCCCN2C(=O)C=CC2=O)C(C)C)cc1)[C@@H](c1nc(-c2cc(F)ccc2F)cn1Cc1ccccc1)C(C)(C)C. The maximum atomic E-state index is 15.2. The fraction of sp³-hybridized carbons (Fsp3) is 0.446. The molecule has 0 saturated carbocycles. The molecule has 0 aliphatic carbocycles. The van der Waals surface area contributed by atoms with E-state index in [4.69, 9.17) is 15.5 Å². The smallest absolute Gasteiger partial charge is 0.407 e. The topological polar surface area (TPSA) is 268 Å². The lowest BCUT2D eigenvalue weighted by Crippen LogP contribution is -2.54. The highest BCUT2D eigenvalue weighted by molar-refractivity contribution is 6.12. The number of carbonyl (C=O) groups is 8. The van der Waals surface area contributed by atoms with Crippen molar-refractivity contribution in [3.63, 3.8) is 0 Å². The first-order chi connectivity index (χ1) is 37.6. The molecule has 3 aromatic carbocycles. The van der Waals surface area contributed by atoms with Crippen LogP contribution in [0.2, 0.25) is 0 Å². The Kier molecular flexibility index (Phi) is 23.0. The number of anilines is 1. The number of benzene rings is 3. The Hall–Kier alpha value is -8.24. The van der Waals surface area contributed by atoms with Crippen LogP contribution >= 0.6 is 0 Å². The molecule has 426 valence electrons. The average Bonchev–Trinajstić information content (AvgIpc) is 4.14. The van der Waals surface area contributed by atoms with Crippen LogP contribution in [0.15, 0.2) is 91.1 Å². The average molecular weight is 1100 g/mol. The number of primary amides is 1. The number of amides is 10. The number of hydrogen-bond acceptors (Lipinski definition) is 10. The molecular formula is C56H72F3N11O9. The number of nitrogens with zero attached hydrogens (tertiary/aromatic N) is 4. The van der Waals surface area contributed by atoms with Gasteiger partial charge in [-0.15, -0.1) is 0 Å². The molecule has 4 aromatic rings. The van der Waals surface area contributed by atoms with E-state index in [0.29, 0.717) is 36.3 Å². The minimum Gasteiger partial charge on any atom is -0.445 e. The highest BCUT2D eigenvalue weighted by Crippen LogP contribution is 2.40. The number of urea groups is 2. The number of imidazole rings is 1. The van der Waals surface area contributed by atoms with Crippen LogP contribution in [-0.4, -0.2) is 119 Å². The van der Waals surface area contributed by atoms with Crippen LogP contribution in [0.5, 0.6) is 0 Å². The number of rotatable bonds is 28. The zero-order valence-electron chi connectivity index (χ0n) is 45.4. The standard InChI is InChI=1S/C56H72F3N11O9/c1-35(2)48(67-45(71)17-11-8-12-28-69-46(72)24-25-47(69)73)52(75)66-43(16-13-27-62-53(60)76)51(74)63-39-21-18-37(19-22-39)34-79-55(78)64-40(31-57)26-29-70(54(77)61-6)49(56(3,4)5)50-65-44(41-30-38(58)20-23-42(41)59)33-68(50)32-36-14-9-7-10-15-36/h7,9-10,14-15,18-25,30,33,35,40,43,48-49H,8,11-13,16-17,26-29,31-32,34H2,1-6H3,(H,61,77)(H,63,74)(H,64,78)(H,66,75)(H,67,71)(H3,60,62,76)/t40-,43+,48+,49+/m1/s1. The van der Waals surface area contributed by atoms with Crippen LogP contribution in [0.25, 0.3) is 11.3 Å². The van der Waals surface area contributed by atoms with Crippen LogP contribution < -0.4 is 37.6 Å². The van der Waals surface area contributed by atoms with Crippen LogP contribution in [0.3, 0.4) is 0 Å². The minimum atomic E-state index is -1.11. The van der Waals surface area contributed by atoms with Gasteiger partial charge in [-0.25, -0.2) is 32.5 Å². The van der Waals surface area contributed by atoms with Gasteiger partial charge >= 0.3 is 18.2 Å². The number of aromatic nitrogens is 2. The Morgan fingerprint density at radius 3 is 2.15 bits per heavy atom. The van der Waals surface area contributed by atoms with Gasteiger partial charge in [0.1, 0.15) is 42.8 Å². The highest BCUT2D eigenvalue weighted by atomic mass is 19.1. The van der Waals surface area contributed by atoms with Crippen molar-refractivity contribution in [1.29, 1.82) is 0 Å². The molecule has 5 rings (SSSR count). The van der Waals surface area contributed by atoms with E-state index in [0.717, 1.165) is 28.7 Å². The summed E-state index contributed by atoms with van der Waals surface area (Å²) in [6.07, 6.45) is 4.94. The van der Waals surface area contributed by atoms with E-state index in [9.17, 15) is 47.1 Å². The Morgan fingerprint density at radius 2 is 1.52 bits per heavy atom. The summed E-state index contributed by atoms with van der Waals surface area (Å²) in [5.41, 5.74) is 6.25. The van der Waals surface area contributed by atoms with Gasteiger partial charge in [-0.05, 0) is 84.9 Å². The second-order valence-corrected chi connectivity index (χ2v) is 20.5. The van der Waals surface area contributed by atoms with Gasteiger partial charge in [0.15, 0.2) is 0 Å². The normalized spacial score (nSPS) is 13.8. The maximum Gasteiger partial charge on any atom is 0.407 e. The van der Waals surface area contributed by atoms with E-state index in [-0.39, 0.29) is 87.5 Å². The molecule has 1 aromatic heterocycles. The van der Waals surface area contributed by atoms with Crippen LogP contribution in [0.1, 0.15) is 103 Å². The fourth-order valence-electron chi connectivity index (χ4n) is 8.83. The molecule has 10 amide bonds. The van der Waals surface area contributed by atoms with Gasteiger partial charge in [0.2, 0.25) is 17.7 Å². The number of hydrogen-bond donors (Lipinski definition) is 7. The zero-order chi connectivity index (χ0) is 57.8. The minimum absolute atomic E-state index is 0.0602. The molecule has 1 aliphatic rings. The van der Waals surface area contributed by atoms with Crippen molar-refractivity contribution >= 4 is 53.4 Å². The van der Waals surface area contributed by atoms with Gasteiger partial charge in [-0.3, -0.25) is 28.9 Å². The first-order valence-corrected chi connectivity index (χ1v) is 26.2. The summed E-state index contributed by atoms with van der Waals surface area (Å²) >= 11 is 0. The van der Waals surface area contributed by atoms with E-state index in [1.807, 2.05) is 51.1 Å². The maximum absolute atomic E-state index is 15.2. The monoisotopic (exact) mass is 1100 g/mol. The third-order valence-corrected chi connectivity index (χ3v) is 12.9. The molecule has 1 aliphatic heterocycles. The number of halogens is 3. The second-order valence-electron chi connectivity index (χ2n) is 20.5. The van der Waals surface area contributed by atoms with E-state index in [1.165, 1.54) is 24.1 Å². The molecule has 79 heavy (non-hydrogen) atoms. The Balaban J connectivity index is 1.18. The third-order valence-electron chi connectivity index (χ3n) is 12.9. The van der Waals surface area contributed by atoms with Gasteiger partial charge < -0.3 is 51.8 Å². The molecule has 20 nitrogen and oxygen atoms in total. The number of unbranched alkanes of at least 4 members (excludes halogenated alkanes) is 2.